The summed E-state index contributed by atoms with van der Waals surface area (Å²) in [4.78, 5) is 14.9. The summed E-state index contributed by atoms with van der Waals surface area (Å²) in [7, 11) is 0. The standard InChI is InChI=1S/C19H12BrCl2F2NO2/c1-9-15(16-12(21)3-2-4-13(16)22)18(17(20)19(26)25-9)27-8-10-5-6-11(23)7-14(10)24/h2-7H,8H2,1H3,(H,25,26). The van der Waals surface area contributed by atoms with E-state index in [1.54, 1.807) is 25.1 Å². The highest BCUT2D eigenvalue weighted by atomic mass is 79.9. The zero-order valence-corrected chi connectivity index (χ0v) is 17.0. The Labute approximate surface area is 172 Å². The highest BCUT2D eigenvalue weighted by molar-refractivity contribution is 9.10. The number of rotatable bonds is 4. The number of pyridine rings is 1. The van der Waals surface area contributed by atoms with Gasteiger partial charge >= 0.3 is 0 Å². The molecule has 0 atom stereocenters. The van der Waals surface area contributed by atoms with Crippen molar-refractivity contribution in [2.45, 2.75) is 13.5 Å². The number of halogens is 5. The number of aryl methyl sites for hydroxylation is 1. The van der Waals surface area contributed by atoms with Gasteiger partial charge in [-0.15, -0.1) is 0 Å². The van der Waals surface area contributed by atoms with Crippen LogP contribution in [0.15, 0.2) is 45.7 Å². The molecule has 0 aliphatic rings. The molecule has 140 valence electrons. The van der Waals surface area contributed by atoms with Crippen molar-refractivity contribution in [1.82, 2.24) is 4.98 Å². The van der Waals surface area contributed by atoms with Gasteiger partial charge in [0.25, 0.3) is 5.56 Å². The van der Waals surface area contributed by atoms with Crippen LogP contribution in [0.25, 0.3) is 11.1 Å². The van der Waals surface area contributed by atoms with Crippen molar-refractivity contribution in [2.75, 3.05) is 0 Å². The average molecular weight is 475 g/mol. The zero-order chi connectivity index (χ0) is 19.7. The van der Waals surface area contributed by atoms with E-state index < -0.39 is 17.2 Å². The number of nitrogens with one attached hydrogen (secondary N) is 1. The highest BCUT2D eigenvalue weighted by Gasteiger charge is 2.21. The van der Waals surface area contributed by atoms with E-state index in [2.05, 4.69) is 20.9 Å². The van der Waals surface area contributed by atoms with Gasteiger partial charge in [-0.2, -0.15) is 0 Å². The Bertz CT molecular complexity index is 1070. The van der Waals surface area contributed by atoms with E-state index in [0.29, 0.717) is 26.9 Å². The molecule has 0 aliphatic heterocycles. The third kappa shape index (κ3) is 4.03. The minimum Gasteiger partial charge on any atom is -0.487 e. The van der Waals surface area contributed by atoms with Crippen molar-refractivity contribution < 1.29 is 13.5 Å². The molecule has 3 aromatic rings. The van der Waals surface area contributed by atoms with Gasteiger partial charge in [-0.05, 0) is 47.1 Å². The van der Waals surface area contributed by atoms with E-state index in [-0.39, 0.29) is 22.4 Å². The average Bonchev–Trinajstić information content (AvgIpc) is 2.59. The second-order valence-electron chi connectivity index (χ2n) is 5.72. The fourth-order valence-corrected chi connectivity index (χ4v) is 3.63. The van der Waals surface area contributed by atoms with Crippen LogP contribution in [0.5, 0.6) is 5.75 Å². The molecule has 0 fully saturated rings. The van der Waals surface area contributed by atoms with Gasteiger partial charge in [-0.1, -0.05) is 29.3 Å². The van der Waals surface area contributed by atoms with Gasteiger partial charge in [-0.3, -0.25) is 4.79 Å². The predicted octanol–water partition coefficient (Wildman–Crippen LogP) is 6.28. The van der Waals surface area contributed by atoms with Crippen molar-refractivity contribution in [3.05, 3.63) is 84.2 Å². The number of aromatic nitrogens is 1. The predicted molar refractivity (Wildman–Crippen MR) is 106 cm³/mol. The van der Waals surface area contributed by atoms with Crippen LogP contribution in [0.3, 0.4) is 0 Å². The van der Waals surface area contributed by atoms with Crippen molar-refractivity contribution in [1.29, 1.82) is 0 Å². The van der Waals surface area contributed by atoms with Crippen LogP contribution in [0.2, 0.25) is 10.0 Å². The fraction of sp³-hybridized carbons (Fsp3) is 0.105. The summed E-state index contributed by atoms with van der Waals surface area (Å²) in [6.45, 7) is 1.46. The zero-order valence-electron chi connectivity index (χ0n) is 13.9. The monoisotopic (exact) mass is 473 g/mol. The van der Waals surface area contributed by atoms with Crippen molar-refractivity contribution in [2.24, 2.45) is 0 Å². The van der Waals surface area contributed by atoms with Crippen LogP contribution in [-0.4, -0.2) is 4.98 Å². The lowest BCUT2D eigenvalue weighted by Crippen LogP contribution is -2.13. The molecule has 1 N–H and O–H groups in total. The number of hydrogen-bond acceptors (Lipinski definition) is 2. The summed E-state index contributed by atoms with van der Waals surface area (Å²) < 4.78 is 32.9. The minimum atomic E-state index is -0.745. The van der Waals surface area contributed by atoms with Crippen LogP contribution in [0, 0.1) is 18.6 Å². The number of aromatic amines is 1. The lowest BCUT2D eigenvalue weighted by Gasteiger charge is -2.17. The Balaban J connectivity index is 2.13. The summed E-state index contributed by atoms with van der Waals surface area (Å²) in [6, 6.07) is 8.18. The maximum atomic E-state index is 13.9. The Kier molecular flexibility index (Phi) is 5.89. The lowest BCUT2D eigenvalue weighted by atomic mass is 10.0. The summed E-state index contributed by atoms with van der Waals surface area (Å²) in [5, 5.41) is 0.727. The van der Waals surface area contributed by atoms with E-state index in [0.717, 1.165) is 12.1 Å². The van der Waals surface area contributed by atoms with Gasteiger partial charge < -0.3 is 9.72 Å². The Morgan fingerprint density at radius 1 is 1.11 bits per heavy atom. The van der Waals surface area contributed by atoms with Crippen LogP contribution >= 0.6 is 39.1 Å². The van der Waals surface area contributed by atoms with Crippen molar-refractivity contribution >= 4 is 39.1 Å². The molecule has 2 aromatic carbocycles. The molecule has 0 unspecified atom stereocenters. The molecule has 27 heavy (non-hydrogen) atoms. The van der Waals surface area contributed by atoms with Crippen LogP contribution in [0.1, 0.15) is 11.3 Å². The first kappa shape index (κ1) is 19.9. The van der Waals surface area contributed by atoms with E-state index in [1.807, 2.05) is 0 Å². The molecule has 3 rings (SSSR count). The molecule has 0 bridgehead atoms. The van der Waals surface area contributed by atoms with Crippen LogP contribution in [-0.2, 0) is 6.61 Å². The number of benzene rings is 2. The third-order valence-electron chi connectivity index (χ3n) is 3.90. The number of H-pyrrole nitrogens is 1. The third-order valence-corrected chi connectivity index (χ3v) is 5.25. The molecule has 0 aliphatic carbocycles. The molecule has 0 radical (unpaired) electrons. The van der Waals surface area contributed by atoms with Crippen molar-refractivity contribution in [3.63, 3.8) is 0 Å². The maximum absolute atomic E-state index is 13.9. The van der Waals surface area contributed by atoms with Crippen LogP contribution in [0.4, 0.5) is 8.78 Å². The largest absolute Gasteiger partial charge is 0.487 e. The molecular weight excluding hydrogens is 463 g/mol. The van der Waals surface area contributed by atoms with E-state index in [1.165, 1.54) is 6.07 Å². The van der Waals surface area contributed by atoms with E-state index in [4.69, 9.17) is 27.9 Å². The Hall–Kier alpha value is -1.89. The highest BCUT2D eigenvalue weighted by Crippen LogP contribution is 2.43. The smallest absolute Gasteiger partial charge is 0.266 e. The van der Waals surface area contributed by atoms with Gasteiger partial charge in [0.1, 0.15) is 28.5 Å². The molecule has 3 nitrogen and oxygen atoms in total. The van der Waals surface area contributed by atoms with Gasteiger partial charge in [0, 0.05) is 28.5 Å². The molecule has 0 saturated heterocycles. The van der Waals surface area contributed by atoms with Gasteiger partial charge in [0.05, 0.1) is 10.0 Å². The van der Waals surface area contributed by atoms with Gasteiger partial charge in [0.2, 0.25) is 0 Å². The topological polar surface area (TPSA) is 42.1 Å². The Morgan fingerprint density at radius 2 is 1.78 bits per heavy atom. The summed E-state index contributed by atoms with van der Waals surface area (Å²) in [5.41, 5.74) is 1.14. The molecular formula is C19H12BrCl2F2NO2. The van der Waals surface area contributed by atoms with Crippen LogP contribution < -0.4 is 10.3 Å². The summed E-state index contributed by atoms with van der Waals surface area (Å²) in [5.74, 6) is -1.27. The molecule has 0 saturated carbocycles. The van der Waals surface area contributed by atoms with Crippen molar-refractivity contribution in [3.8, 4) is 16.9 Å². The van der Waals surface area contributed by atoms with Gasteiger partial charge in [-0.25, -0.2) is 8.78 Å². The first-order chi connectivity index (χ1) is 12.8. The van der Waals surface area contributed by atoms with E-state index >= 15 is 0 Å². The van der Waals surface area contributed by atoms with E-state index in [9.17, 15) is 13.6 Å². The molecule has 1 heterocycles. The number of ether oxygens (including phenoxy) is 1. The molecule has 8 heteroatoms. The SMILES string of the molecule is Cc1[nH]c(=O)c(Br)c(OCc2ccc(F)cc2F)c1-c1c(Cl)cccc1Cl. The molecule has 0 amide bonds. The second-order valence-corrected chi connectivity index (χ2v) is 7.33. The number of hydrogen-bond donors (Lipinski definition) is 1. The normalized spacial score (nSPS) is 10.9. The van der Waals surface area contributed by atoms with Gasteiger partial charge in [0.15, 0.2) is 0 Å². The lowest BCUT2D eigenvalue weighted by molar-refractivity contribution is 0.298. The second kappa shape index (κ2) is 8.00. The summed E-state index contributed by atoms with van der Waals surface area (Å²) >= 11 is 15.8. The summed E-state index contributed by atoms with van der Waals surface area (Å²) in [6.07, 6.45) is 0. The fourth-order valence-electron chi connectivity index (χ4n) is 2.63. The quantitative estimate of drug-likeness (QED) is 0.483. The first-order valence-electron chi connectivity index (χ1n) is 7.73. The first-order valence-corrected chi connectivity index (χ1v) is 9.28. The maximum Gasteiger partial charge on any atom is 0.266 e. The minimum absolute atomic E-state index is 0.113. The Morgan fingerprint density at radius 3 is 2.41 bits per heavy atom. The molecule has 0 spiro atoms. The molecule has 1 aromatic heterocycles.